The molecule has 0 spiro atoms. The summed E-state index contributed by atoms with van der Waals surface area (Å²) in [4.78, 5) is 22.2. The number of hydrogen-bond donors (Lipinski definition) is 3. The van der Waals surface area contributed by atoms with Gasteiger partial charge in [0.2, 0.25) is 11.8 Å². The van der Waals surface area contributed by atoms with E-state index in [1.165, 1.54) is 0 Å². The fraction of sp³-hybridized carbons (Fsp3) is 0.800. The van der Waals surface area contributed by atoms with Gasteiger partial charge in [-0.2, -0.15) is 0 Å². The maximum Gasteiger partial charge on any atom is 0.224 e. The molecule has 88 valence electrons. The molecule has 0 unspecified atom stereocenters. The van der Waals surface area contributed by atoms with Gasteiger partial charge in [-0.15, -0.1) is 0 Å². The van der Waals surface area contributed by atoms with Gasteiger partial charge in [-0.25, -0.2) is 0 Å². The Morgan fingerprint density at radius 3 is 2.40 bits per heavy atom. The van der Waals surface area contributed by atoms with E-state index in [0.29, 0.717) is 13.0 Å². The highest BCUT2D eigenvalue weighted by atomic mass is 16.2. The number of carbonyl (C=O) groups is 2. The van der Waals surface area contributed by atoms with Gasteiger partial charge in [0.15, 0.2) is 0 Å². The van der Waals surface area contributed by atoms with E-state index in [1.54, 1.807) is 13.8 Å². The van der Waals surface area contributed by atoms with Crippen LogP contribution in [-0.4, -0.2) is 31.4 Å². The minimum absolute atomic E-state index is 0.0646. The van der Waals surface area contributed by atoms with Crippen molar-refractivity contribution in [1.82, 2.24) is 10.6 Å². The number of carbonyl (C=O) groups excluding carboxylic acids is 2. The summed E-state index contributed by atoms with van der Waals surface area (Å²) in [5.41, 5.74) is 4.49. The molecule has 0 fully saturated rings. The van der Waals surface area contributed by atoms with Gasteiger partial charge in [0.05, 0.1) is 5.41 Å². The molecule has 0 heterocycles. The maximum absolute atomic E-state index is 11.3. The zero-order valence-corrected chi connectivity index (χ0v) is 9.72. The Morgan fingerprint density at radius 2 is 1.93 bits per heavy atom. The summed E-state index contributed by atoms with van der Waals surface area (Å²) in [6.45, 7) is 7.18. The molecular weight excluding hydrogens is 194 g/mol. The second-order valence-corrected chi connectivity index (χ2v) is 4.13. The lowest BCUT2D eigenvalue weighted by molar-refractivity contribution is -0.127. The predicted octanol–water partition coefficient (Wildman–Crippen LogP) is -0.386. The average molecular weight is 215 g/mol. The zero-order chi connectivity index (χ0) is 11.9. The molecule has 0 aromatic rings. The fourth-order valence-corrected chi connectivity index (χ4v) is 0.874. The third-order valence-electron chi connectivity index (χ3n) is 2.17. The molecule has 0 aromatic carbocycles. The molecule has 4 N–H and O–H groups in total. The van der Waals surface area contributed by atoms with Crippen molar-refractivity contribution >= 4 is 11.8 Å². The molecule has 0 bridgehead atoms. The Balaban J connectivity index is 3.75. The number of hydrogen-bond acceptors (Lipinski definition) is 3. The van der Waals surface area contributed by atoms with Crippen molar-refractivity contribution in [3.8, 4) is 0 Å². The first-order valence-corrected chi connectivity index (χ1v) is 5.17. The molecule has 0 aliphatic heterocycles. The number of primary amides is 1. The first-order chi connectivity index (χ1) is 6.90. The van der Waals surface area contributed by atoms with Gasteiger partial charge in [-0.1, -0.05) is 6.92 Å². The molecule has 0 aliphatic carbocycles. The van der Waals surface area contributed by atoms with Crippen molar-refractivity contribution in [1.29, 1.82) is 0 Å². The first-order valence-electron chi connectivity index (χ1n) is 5.17. The maximum atomic E-state index is 11.3. The minimum atomic E-state index is -0.687. The van der Waals surface area contributed by atoms with Crippen LogP contribution in [0.5, 0.6) is 0 Å². The monoisotopic (exact) mass is 215 g/mol. The van der Waals surface area contributed by atoms with Crippen molar-refractivity contribution in [3.05, 3.63) is 0 Å². The van der Waals surface area contributed by atoms with E-state index in [9.17, 15) is 9.59 Å². The van der Waals surface area contributed by atoms with E-state index in [0.717, 1.165) is 6.54 Å². The van der Waals surface area contributed by atoms with Crippen LogP contribution in [0.25, 0.3) is 0 Å². The van der Waals surface area contributed by atoms with E-state index in [4.69, 9.17) is 5.73 Å². The fourth-order valence-electron chi connectivity index (χ4n) is 0.874. The Morgan fingerprint density at radius 1 is 1.33 bits per heavy atom. The summed E-state index contributed by atoms with van der Waals surface area (Å²) in [6, 6.07) is 0. The zero-order valence-electron chi connectivity index (χ0n) is 9.72. The summed E-state index contributed by atoms with van der Waals surface area (Å²) >= 11 is 0. The topological polar surface area (TPSA) is 84.2 Å². The molecule has 2 amide bonds. The Labute approximate surface area is 90.8 Å². The lowest BCUT2D eigenvalue weighted by Gasteiger charge is -2.20. The van der Waals surface area contributed by atoms with Crippen LogP contribution in [-0.2, 0) is 9.59 Å². The molecule has 0 saturated carbocycles. The minimum Gasteiger partial charge on any atom is -0.369 e. The van der Waals surface area contributed by atoms with Gasteiger partial charge < -0.3 is 16.4 Å². The van der Waals surface area contributed by atoms with Crippen LogP contribution in [0.4, 0.5) is 0 Å². The van der Waals surface area contributed by atoms with E-state index >= 15 is 0 Å². The van der Waals surface area contributed by atoms with Gasteiger partial charge in [0.1, 0.15) is 0 Å². The standard InChI is InChI=1S/C10H21N3O2/c1-4-12-6-5-8(14)13-7-10(2,3)9(11)15/h12H,4-7H2,1-3H3,(H2,11,15)(H,13,14). The number of rotatable bonds is 7. The third kappa shape index (κ3) is 6.06. The van der Waals surface area contributed by atoms with Crippen LogP contribution < -0.4 is 16.4 Å². The molecule has 0 radical (unpaired) electrons. The average Bonchev–Trinajstić information content (AvgIpc) is 2.15. The van der Waals surface area contributed by atoms with Crippen LogP contribution in [0.15, 0.2) is 0 Å². The summed E-state index contributed by atoms with van der Waals surface area (Å²) in [6.07, 6.45) is 0.419. The Hall–Kier alpha value is -1.10. The molecule has 0 aliphatic rings. The van der Waals surface area contributed by atoms with Crippen molar-refractivity contribution in [3.63, 3.8) is 0 Å². The summed E-state index contributed by atoms with van der Waals surface area (Å²) in [5.74, 6) is -0.472. The van der Waals surface area contributed by atoms with E-state index < -0.39 is 11.3 Å². The van der Waals surface area contributed by atoms with E-state index in [-0.39, 0.29) is 12.5 Å². The molecule has 0 saturated heterocycles. The van der Waals surface area contributed by atoms with Gasteiger partial charge in [-0.3, -0.25) is 9.59 Å². The number of nitrogens with one attached hydrogen (secondary N) is 2. The molecular formula is C10H21N3O2. The van der Waals surface area contributed by atoms with Crippen molar-refractivity contribution < 1.29 is 9.59 Å². The van der Waals surface area contributed by atoms with Crippen molar-refractivity contribution in [2.75, 3.05) is 19.6 Å². The van der Waals surface area contributed by atoms with Crippen LogP contribution in [0.3, 0.4) is 0 Å². The lowest BCUT2D eigenvalue weighted by atomic mass is 9.93. The first kappa shape index (κ1) is 13.9. The second kappa shape index (κ2) is 6.40. The van der Waals surface area contributed by atoms with Crippen LogP contribution in [0, 0.1) is 5.41 Å². The smallest absolute Gasteiger partial charge is 0.224 e. The Kier molecular flexibility index (Phi) is 5.93. The van der Waals surface area contributed by atoms with Gasteiger partial charge in [0.25, 0.3) is 0 Å². The third-order valence-corrected chi connectivity index (χ3v) is 2.17. The molecule has 0 rings (SSSR count). The van der Waals surface area contributed by atoms with Gasteiger partial charge >= 0.3 is 0 Å². The number of amides is 2. The van der Waals surface area contributed by atoms with Crippen LogP contribution >= 0.6 is 0 Å². The molecule has 0 aromatic heterocycles. The lowest BCUT2D eigenvalue weighted by Crippen LogP contribution is -2.42. The largest absolute Gasteiger partial charge is 0.369 e. The molecule has 5 heteroatoms. The highest BCUT2D eigenvalue weighted by Gasteiger charge is 2.25. The molecule has 15 heavy (non-hydrogen) atoms. The van der Waals surface area contributed by atoms with E-state index in [2.05, 4.69) is 10.6 Å². The summed E-state index contributed by atoms with van der Waals surface area (Å²) in [7, 11) is 0. The second-order valence-electron chi connectivity index (χ2n) is 4.13. The predicted molar refractivity (Wildman–Crippen MR) is 59.1 cm³/mol. The van der Waals surface area contributed by atoms with Gasteiger partial charge in [-0.05, 0) is 20.4 Å². The van der Waals surface area contributed by atoms with Crippen molar-refractivity contribution in [2.24, 2.45) is 11.1 Å². The normalized spacial score (nSPS) is 11.1. The Bertz CT molecular complexity index is 227. The summed E-state index contributed by atoms with van der Waals surface area (Å²) < 4.78 is 0. The quantitative estimate of drug-likeness (QED) is 0.506. The van der Waals surface area contributed by atoms with Gasteiger partial charge in [0, 0.05) is 19.5 Å². The van der Waals surface area contributed by atoms with Crippen molar-refractivity contribution in [2.45, 2.75) is 27.2 Å². The van der Waals surface area contributed by atoms with Crippen LogP contribution in [0.1, 0.15) is 27.2 Å². The number of nitrogens with two attached hydrogens (primary N) is 1. The molecule has 0 atom stereocenters. The highest BCUT2D eigenvalue weighted by molar-refractivity contribution is 5.82. The summed E-state index contributed by atoms with van der Waals surface area (Å²) in [5, 5.41) is 5.73. The highest BCUT2D eigenvalue weighted by Crippen LogP contribution is 2.11. The molecule has 5 nitrogen and oxygen atoms in total. The van der Waals surface area contributed by atoms with E-state index in [1.807, 2.05) is 6.92 Å². The SMILES string of the molecule is CCNCCC(=O)NCC(C)(C)C(N)=O. The van der Waals surface area contributed by atoms with Crippen LogP contribution in [0.2, 0.25) is 0 Å².